The van der Waals surface area contributed by atoms with Gasteiger partial charge in [-0.05, 0) is 68.6 Å². The fourth-order valence-corrected chi connectivity index (χ4v) is 4.47. The predicted octanol–water partition coefficient (Wildman–Crippen LogP) is 3.25. The number of carboxylic acids is 1. The van der Waals surface area contributed by atoms with Crippen LogP contribution in [0.25, 0.3) is 0 Å². The summed E-state index contributed by atoms with van der Waals surface area (Å²) in [5.74, 6) is -1.64. The standard InChI is InChI=1S/C23H27FN2O4/c1-12(10-18(28)29)21(14-6-7-14)25-17(27)11-26-16-9-8-15(13-4-5-13)20(24)19(16)23(2,3)22(26)30/h8-9,13-14,21H,1,4-7,10-11H2,2-3H3,(H,25,27)(H,28,29)/t21-/m0/s1. The number of amides is 2. The fourth-order valence-electron chi connectivity index (χ4n) is 4.47. The number of hydrogen-bond donors (Lipinski definition) is 2. The summed E-state index contributed by atoms with van der Waals surface area (Å²) >= 11 is 0. The van der Waals surface area contributed by atoms with Crippen LogP contribution in [0.5, 0.6) is 0 Å². The third kappa shape index (κ3) is 3.61. The molecule has 2 saturated carbocycles. The Morgan fingerprint density at radius 3 is 2.53 bits per heavy atom. The van der Waals surface area contributed by atoms with Gasteiger partial charge in [-0.15, -0.1) is 0 Å². The van der Waals surface area contributed by atoms with E-state index in [0.29, 0.717) is 22.4 Å². The Balaban J connectivity index is 1.54. The number of fused-ring (bicyclic) bond motifs is 1. The van der Waals surface area contributed by atoms with Gasteiger partial charge < -0.3 is 15.3 Å². The lowest BCUT2D eigenvalue weighted by Gasteiger charge is -2.23. The van der Waals surface area contributed by atoms with E-state index in [9.17, 15) is 14.4 Å². The molecule has 1 aliphatic heterocycles. The van der Waals surface area contributed by atoms with E-state index in [2.05, 4.69) is 11.9 Å². The summed E-state index contributed by atoms with van der Waals surface area (Å²) in [6.07, 6.45) is 3.50. The lowest BCUT2D eigenvalue weighted by Crippen LogP contribution is -2.46. The molecule has 0 radical (unpaired) electrons. The lowest BCUT2D eigenvalue weighted by atomic mass is 9.84. The first kappa shape index (κ1) is 20.6. The number of halogens is 1. The molecule has 160 valence electrons. The first-order chi connectivity index (χ1) is 14.1. The summed E-state index contributed by atoms with van der Waals surface area (Å²) in [5, 5.41) is 11.9. The van der Waals surface area contributed by atoms with Crippen molar-refractivity contribution >= 4 is 23.5 Å². The maximum Gasteiger partial charge on any atom is 0.307 e. The van der Waals surface area contributed by atoms with Crippen LogP contribution in [0.4, 0.5) is 10.1 Å². The molecule has 4 rings (SSSR count). The molecule has 0 spiro atoms. The molecule has 7 heteroatoms. The molecule has 2 N–H and O–H groups in total. The smallest absolute Gasteiger partial charge is 0.307 e. The number of anilines is 1. The second-order valence-corrected chi connectivity index (χ2v) is 9.26. The second kappa shape index (κ2) is 7.22. The van der Waals surface area contributed by atoms with Crippen molar-refractivity contribution in [3.8, 4) is 0 Å². The molecule has 1 atom stereocenters. The van der Waals surface area contributed by atoms with Crippen molar-refractivity contribution in [2.45, 2.75) is 63.3 Å². The van der Waals surface area contributed by atoms with Crippen LogP contribution in [0.15, 0.2) is 24.3 Å². The van der Waals surface area contributed by atoms with E-state index >= 15 is 4.39 Å². The fraction of sp³-hybridized carbons (Fsp3) is 0.522. The van der Waals surface area contributed by atoms with E-state index in [4.69, 9.17) is 5.11 Å². The molecule has 3 aliphatic rings. The first-order valence-corrected chi connectivity index (χ1v) is 10.4. The SMILES string of the molecule is C=C(CC(=O)O)[C@H](NC(=O)CN1C(=O)C(C)(C)c2c1ccc(C1CC1)c2F)C1CC1. The molecule has 2 aliphatic carbocycles. The number of benzene rings is 1. The van der Waals surface area contributed by atoms with Crippen LogP contribution in [0.1, 0.15) is 63.0 Å². The zero-order valence-corrected chi connectivity index (χ0v) is 17.3. The van der Waals surface area contributed by atoms with Gasteiger partial charge in [0.25, 0.3) is 0 Å². The highest BCUT2D eigenvalue weighted by Gasteiger charge is 2.48. The Labute approximate surface area is 175 Å². The molecular formula is C23H27FN2O4. The summed E-state index contributed by atoms with van der Waals surface area (Å²) in [6, 6.07) is 3.05. The van der Waals surface area contributed by atoms with Crippen LogP contribution in [0.2, 0.25) is 0 Å². The zero-order chi connectivity index (χ0) is 21.8. The number of rotatable bonds is 8. The Morgan fingerprint density at radius 2 is 1.97 bits per heavy atom. The summed E-state index contributed by atoms with van der Waals surface area (Å²) < 4.78 is 15.2. The molecule has 1 aromatic carbocycles. The number of hydrogen-bond acceptors (Lipinski definition) is 3. The number of carbonyl (C=O) groups excluding carboxylic acids is 2. The molecule has 30 heavy (non-hydrogen) atoms. The lowest BCUT2D eigenvalue weighted by molar-refractivity contribution is -0.136. The van der Waals surface area contributed by atoms with Gasteiger partial charge >= 0.3 is 5.97 Å². The van der Waals surface area contributed by atoms with Gasteiger partial charge in [-0.3, -0.25) is 14.4 Å². The molecule has 1 aromatic rings. The van der Waals surface area contributed by atoms with Crippen LogP contribution in [-0.4, -0.2) is 35.5 Å². The summed E-state index contributed by atoms with van der Waals surface area (Å²) in [6.45, 7) is 6.97. The monoisotopic (exact) mass is 414 g/mol. The maximum absolute atomic E-state index is 15.2. The van der Waals surface area contributed by atoms with Crippen molar-refractivity contribution in [3.63, 3.8) is 0 Å². The molecule has 0 unspecified atom stereocenters. The Bertz CT molecular complexity index is 947. The second-order valence-electron chi connectivity index (χ2n) is 9.26. The third-order valence-corrected chi connectivity index (χ3v) is 6.39. The Morgan fingerprint density at radius 1 is 1.30 bits per heavy atom. The van der Waals surface area contributed by atoms with Crippen molar-refractivity contribution in [1.82, 2.24) is 5.32 Å². The number of nitrogens with zero attached hydrogens (tertiary/aromatic N) is 1. The number of nitrogens with one attached hydrogen (secondary N) is 1. The summed E-state index contributed by atoms with van der Waals surface area (Å²) in [7, 11) is 0. The van der Waals surface area contributed by atoms with Gasteiger partial charge in [-0.1, -0.05) is 12.6 Å². The minimum absolute atomic E-state index is 0.178. The number of carboxylic acid groups (broad SMARTS) is 1. The van der Waals surface area contributed by atoms with Crippen LogP contribution in [-0.2, 0) is 19.8 Å². The molecule has 0 aromatic heterocycles. The number of carbonyl (C=O) groups is 3. The van der Waals surface area contributed by atoms with E-state index in [0.717, 1.165) is 25.7 Å². The highest BCUT2D eigenvalue weighted by atomic mass is 19.1. The minimum atomic E-state index is -1.05. The molecule has 0 bridgehead atoms. The van der Waals surface area contributed by atoms with E-state index < -0.39 is 23.3 Å². The first-order valence-electron chi connectivity index (χ1n) is 10.4. The van der Waals surface area contributed by atoms with Crippen molar-refractivity contribution in [2.75, 3.05) is 11.4 Å². The maximum atomic E-state index is 15.2. The highest BCUT2D eigenvalue weighted by Crippen LogP contribution is 2.48. The van der Waals surface area contributed by atoms with Gasteiger partial charge in [0.15, 0.2) is 0 Å². The topological polar surface area (TPSA) is 86.7 Å². The third-order valence-electron chi connectivity index (χ3n) is 6.39. The quantitative estimate of drug-likeness (QED) is 0.640. The molecule has 2 amide bonds. The van der Waals surface area contributed by atoms with Gasteiger partial charge in [0, 0.05) is 5.56 Å². The molecule has 6 nitrogen and oxygen atoms in total. The van der Waals surface area contributed by atoms with Crippen LogP contribution >= 0.6 is 0 Å². The van der Waals surface area contributed by atoms with Gasteiger partial charge in [-0.2, -0.15) is 0 Å². The number of aliphatic carboxylic acids is 1. The molecule has 1 heterocycles. The molecule has 2 fully saturated rings. The van der Waals surface area contributed by atoms with Gasteiger partial charge in [0.2, 0.25) is 11.8 Å². The normalized spacial score (nSPS) is 20.6. The minimum Gasteiger partial charge on any atom is -0.481 e. The van der Waals surface area contributed by atoms with Gasteiger partial charge in [0.05, 0.1) is 23.6 Å². The van der Waals surface area contributed by atoms with E-state index in [1.807, 2.05) is 0 Å². The van der Waals surface area contributed by atoms with Crippen molar-refractivity contribution in [1.29, 1.82) is 0 Å². The van der Waals surface area contributed by atoms with Crippen molar-refractivity contribution < 1.29 is 23.9 Å². The van der Waals surface area contributed by atoms with Crippen LogP contribution in [0.3, 0.4) is 0 Å². The largest absolute Gasteiger partial charge is 0.481 e. The Kier molecular flexibility index (Phi) is 4.95. The predicted molar refractivity (Wildman–Crippen MR) is 110 cm³/mol. The average Bonchev–Trinajstić information content (AvgIpc) is 3.55. The highest BCUT2D eigenvalue weighted by molar-refractivity contribution is 6.10. The Hall–Kier alpha value is -2.70. The van der Waals surface area contributed by atoms with Crippen LogP contribution < -0.4 is 10.2 Å². The van der Waals surface area contributed by atoms with Crippen LogP contribution in [0, 0.1) is 11.7 Å². The van der Waals surface area contributed by atoms with E-state index in [1.54, 1.807) is 26.0 Å². The van der Waals surface area contributed by atoms with E-state index in [-0.39, 0.29) is 36.5 Å². The average molecular weight is 414 g/mol. The molecular weight excluding hydrogens is 387 g/mol. The molecule has 0 saturated heterocycles. The van der Waals surface area contributed by atoms with E-state index in [1.165, 1.54) is 4.90 Å². The van der Waals surface area contributed by atoms with Crippen molar-refractivity contribution in [2.24, 2.45) is 5.92 Å². The van der Waals surface area contributed by atoms with Gasteiger partial charge in [0.1, 0.15) is 12.4 Å². The summed E-state index contributed by atoms with van der Waals surface area (Å²) in [5.41, 5.74) is 0.854. The zero-order valence-electron chi connectivity index (χ0n) is 17.3. The van der Waals surface area contributed by atoms with Crippen molar-refractivity contribution in [3.05, 3.63) is 41.2 Å². The summed E-state index contributed by atoms with van der Waals surface area (Å²) in [4.78, 5) is 38.2. The van der Waals surface area contributed by atoms with Gasteiger partial charge in [-0.25, -0.2) is 4.39 Å².